The first-order valence-electron chi connectivity index (χ1n) is 12.8. The summed E-state index contributed by atoms with van der Waals surface area (Å²) in [5, 5.41) is 29.4. The van der Waals surface area contributed by atoms with Gasteiger partial charge in [-0.2, -0.15) is 9.40 Å². The van der Waals surface area contributed by atoms with Crippen LogP contribution in [0.5, 0.6) is 0 Å². The number of carboxylic acids is 1. The zero-order valence-electron chi connectivity index (χ0n) is 23.3. The van der Waals surface area contributed by atoms with Gasteiger partial charge in [0, 0.05) is 37.7 Å². The van der Waals surface area contributed by atoms with Gasteiger partial charge < -0.3 is 15.3 Å². The third kappa shape index (κ3) is 6.19. The normalized spacial score (nSPS) is 16.8. The fraction of sp³-hybridized carbons (Fsp3) is 0.385. The molecule has 16 heteroatoms. The SMILES string of the molecule is Cn1nc(C(C)(C)C)cc1C(=O)N1CCN(S(=O)(=O)c2cccs2)C1C(=O)NC(CC(=O)O)c1cccc([N+](=O)[O-])c1. The summed E-state index contributed by atoms with van der Waals surface area (Å²) in [6, 6.07) is 8.37. The smallest absolute Gasteiger partial charge is 0.305 e. The number of benzene rings is 1. The van der Waals surface area contributed by atoms with Crippen LogP contribution in [0.4, 0.5) is 5.69 Å². The van der Waals surface area contributed by atoms with Crippen molar-refractivity contribution in [1.82, 2.24) is 24.3 Å². The summed E-state index contributed by atoms with van der Waals surface area (Å²) < 4.78 is 29.4. The first kappa shape index (κ1) is 30.8. The van der Waals surface area contributed by atoms with Gasteiger partial charge >= 0.3 is 5.97 Å². The van der Waals surface area contributed by atoms with Crippen molar-refractivity contribution in [2.24, 2.45) is 7.05 Å². The van der Waals surface area contributed by atoms with E-state index in [4.69, 9.17) is 0 Å². The van der Waals surface area contributed by atoms with Gasteiger partial charge in [-0.25, -0.2) is 8.42 Å². The maximum atomic E-state index is 13.9. The van der Waals surface area contributed by atoms with E-state index in [2.05, 4.69) is 10.4 Å². The van der Waals surface area contributed by atoms with E-state index < -0.39 is 56.8 Å². The average molecular weight is 619 g/mol. The number of carbonyl (C=O) groups is 3. The molecular weight excluding hydrogens is 588 g/mol. The number of rotatable bonds is 9. The number of nitro groups is 1. The lowest BCUT2D eigenvalue weighted by Gasteiger charge is -2.30. The highest BCUT2D eigenvalue weighted by molar-refractivity contribution is 7.91. The molecule has 1 fully saturated rings. The molecule has 0 saturated carbocycles. The molecule has 224 valence electrons. The van der Waals surface area contributed by atoms with E-state index in [0.717, 1.165) is 26.6 Å². The van der Waals surface area contributed by atoms with E-state index in [1.54, 1.807) is 24.6 Å². The number of aliphatic carboxylic acids is 1. The summed E-state index contributed by atoms with van der Waals surface area (Å²) in [7, 11) is -2.67. The van der Waals surface area contributed by atoms with Crippen LogP contribution in [0.1, 0.15) is 55.0 Å². The fourth-order valence-electron chi connectivity index (χ4n) is 4.58. The minimum Gasteiger partial charge on any atom is -0.481 e. The summed E-state index contributed by atoms with van der Waals surface area (Å²) in [4.78, 5) is 51.2. The Morgan fingerprint density at radius 3 is 2.48 bits per heavy atom. The Morgan fingerprint density at radius 2 is 1.90 bits per heavy atom. The molecule has 0 bridgehead atoms. The van der Waals surface area contributed by atoms with Gasteiger partial charge in [0.15, 0.2) is 6.17 Å². The molecule has 1 aliphatic heterocycles. The largest absolute Gasteiger partial charge is 0.481 e. The number of amides is 2. The molecule has 3 aromatic rings. The lowest BCUT2D eigenvalue weighted by molar-refractivity contribution is -0.384. The van der Waals surface area contributed by atoms with Crippen LogP contribution in [-0.2, 0) is 32.1 Å². The molecule has 42 heavy (non-hydrogen) atoms. The van der Waals surface area contributed by atoms with Crippen LogP contribution < -0.4 is 5.32 Å². The molecule has 0 spiro atoms. The highest BCUT2D eigenvalue weighted by Gasteiger charge is 2.48. The van der Waals surface area contributed by atoms with Gasteiger partial charge in [-0.3, -0.25) is 29.2 Å². The molecule has 2 unspecified atom stereocenters. The molecule has 14 nitrogen and oxygen atoms in total. The average Bonchev–Trinajstić information content (AvgIpc) is 3.67. The zero-order chi connectivity index (χ0) is 31.0. The lowest BCUT2D eigenvalue weighted by atomic mass is 9.92. The van der Waals surface area contributed by atoms with Crippen molar-refractivity contribution >= 4 is 44.8 Å². The van der Waals surface area contributed by atoms with Crippen LogP contribution in [0.15, 0.2) is 52.1 Å². The summed E-state index contributed by atoms with van der Waals surface area (Å²) in [5.41, 5.74) is 0.166. The number of nitrogens with one attached hydrogen (secondary N) is 1. The maximum Gasteiger partial charge on any atom is 0.305 e. The minimum atomic E-state index is -4.24. The number of carboxylic acid groups (broad SMARTS) is 1. The quantitative estimate of drug-likeness (QED) is 0.268. The Hall–Kier alpha value is -4.15. The number of hydrogen-bond donors (Lipinski definition) is 2. The summed E-state index contributed by atoms with van der Waals surface area (Å²) in [6.45, 7) is 5.43. The highest BCUT2D eigenvalue weighted by atomic mass is 32.2. The van der Waals surface area contributed by atoms with E-state index in [0.29, 0.717) is 5.69 Å². The zero-order valence-corrected chi connectivity index (χ0v) is 24.9. The molecule has 3 heterocycles. The molecule has 1 saturated heterocycles. The van der Waals surface area contributed by atoms with Crippen LogP contribution in [0, 0.1) is 10.1 Å². The molecule has 1 aliphatic rings. The van der Waals surface area contributed by atoms with Crippen LogP contribution in [-0.4, -0.2) is 74.5 Å². The van der Waals surface area contributed by atoms with Crippen molar-refractivity contribution in [2.75, 3.05) is 13.1 Å². The second kappa shape index (κ2) is 11.6. The molecular formula is C26H30N6O8S2. The predicted molar refractivity (Wildman–Crippen MR) is 151 cm³/mol. The van der Waals surface area contributed by atoms with Crippen molar-refractivity contribution < 1.29 is 32.8 Å². The molecule has 2 amide bonds. The number of carbonyl (C=O) groups excluding carboxylic acids is 2. The molecule has 4 rings (SSSR count). The maximum absolute atomic E-state index is 13.9. The van der Waals surface area contributed by atoms with Crippen LogP contribution in [0.25, 0.3) is 0 Å². The van der Waals surface area contributed by atoms with E-state index in [9.17, 15) is 38.0 Å². The van der Waals surface area contributed by atoms with E-state index in [1.807, 2.05) is 20.8 Å². The first-order valence-corrected chi connectivity index (χ1v) is 15.1. The summed E-state index contributed by atoms with van der Waals surface area (Å²) >= 11 is 0.948. The topological polar surface area (TPSA) is 185 Å². The molecule has 2 atom stereocenters. The Kier molecular flexibility index (Phi) is 8.52. The number of aromatic nitrogens is 2. The molecule has 2 aromatic heterocycles. The van der Waals surface area contributed by atoms with Gasteiger partial charge in [0.1, 0.15) is 9.90 Å². The van der Waals surface area contributed by atoms with Crippen molar-refractivity contribution in [3.05, 3.63) is 74.9 Å². The Labute approximate surface area is 245 Å². The second-order valence-corrected chi connectivity index (χ2v) is 13.8. The van der Waals surface area contributed by atoms with Crippen LogP contribution in [0.2, 0.25) is 0 Å². The summed E-state index contributed by atoms with van der Waals surface area (Å²) in [5.74, 6) is -2.91. The predicted octanol–water partition coefficient (Wildman–Crippen LogP) is 2.49. The number of aryl methyl sites for hydroxylation is 1. The van der Waals surface area contributed by atoms with Crippen LogP contribution in [0.3, 0.4) is 0 Å². The van der Waals surface area contributed by atoms with E-state index in [1.165, 1.54) is 28.9 Å². The number of non-ortho nitro benzene ring substituents is 1. The molecule has 1 aromatic carbocycles. The van der Waals surface area contributed by atoms with Gasteiger partial charge in [-0.05, 0) is 23.1 Å². The number of nitrogens with zero attached hydrogens (tertiary/aromatic N) is 5. The fourth-order valence-corrected chi connectivity index (χ4v) is 7.24. The number of thiophene rings is 1. The number of hydrogen-bond acceptors (Lipinski definition) is 9. The van der Waals surface area contributed by atoms with Crippen molar-refractivity contribution in [3.8, 4) is 0 Å². The van der Waals surface area contributed by atoms with Gasteiger partial charge in [-0.1, -0.05) is 39.0 Å². The van der Waals surface area contributed by atoms with Gasteiger partial charge in [0.05, 0.1) is 23.1 Å². The first-order chi connectivity index (χ1) is 19.6. The molecule has 0 aliphatic carbocycles. The van der Waals surface area contributed by atoms with E-state index in [-0.39, 0.29) is 34.2 Å². The van der Waals surface area contributed by atoms with Crippen LogP contribution >= 0.6 is 11.3 Å². The number of sulfonamides is 1. The Balaban J connectivity index is 1.75. The monoisotopic (exact) mass is 618 g/mol. The third-order valence-corrected chi connectivity index (χ3v) is 9.96. The van der Waals surface area contributed by atoms with Crippen molar-refractivity contribution in [3.63, 3.8) is 0 Å². The van der Waals surface area contributed by atoms with Gasteiger partial charge in [0.2, 0.25) is 0 Å². The lowest BCUT2D eigenvalue weighted by Crippen LogP contribution is -2.54. The van der Waals surface area contributed by atoms with Gasteiger partial charge in [-0.15, -0.1) is 11.3 Å². The highest BCUT2D eigenvalue weighted by Crippen LogP contribution is 2.30. The molecule has 2 N–H and O–H groups in total. The van der Waals surface area contributed by atoms with Gasteiger partial charge in [0.25, 0.3) is 27.5 Å². The van der Waals surface area contributed by atoms with Crippen molar-refractivity contribution in [1.29, 1.82) is 0 Å². The van der Waals surface area contributed by atoms with Crippen molar-refractivity contribution in [2.45, 2.75) is 49.0 Å². The number of nitro benzene ring substituents is 1. The molecule has 0 radical (unpaired) electrons. The third-order valence-electron chi connectivity index (χ3n) is 6.73. The summed E-state index contributed by atoms with van der Waals surface area (Å²) in [6.07, 6.45) is -2.32. The second-order valence-electron chi connectivity index (χ2n) is 10.7. The Bertz CT molecular complexity index is 1630. The van der Waals surface area contributed by atoms with E-state index >= 15 is 0 Å². The Morgan fingerprint density at radius 1 is 1.19 bits per heavy atom. The standard InChI is InChI=1S/C26H30N6O8S2/c1-26(2,3)20-15-19(29(4)28-20)25(36)30-10-11-31(42(39,40)22-9-6-12-41-22)24(30)23(35)27-18(14-21(33)34)16-7-5-8-17(13-16)32(37)38/h5-9,12-13,15,18,24H,10-11,14H2,1-4H3,(H,27,35)(H,33,34). The minimum absolute atomic E-state index is 0.0362.